The van der Waals surface area contributed by atoms with E-state index in [4.69, 9.17) is 21.1 Å². The van der Waals surface area contributed by atoms with Crippen molar-refractivity contribution in [2.24, 2.45) is 0 Å². The second-order valence-electron chi connectivity index (χ2n) is 5.66. The molecule has 0 aromatic heterocycles. The number of ether oxygens (including phenoxy) is 2. The fourth-order valence-corrected chi connectivity index (χ4v) is 3.53. The highest BCUT2D eigenvalue weighted by Gasteiger charge is 2.30. The minimum Gasteiger partial charge on any atom is -0.491 e. The number of hydrogen-bond donors (Lipinski definition) is 0. The molecule has 7 heteroatoms. The summed E-state index contributed by atoms with van der Waals surface area (Å²) in [4.78, 5) is 0.955. The molecule has 1 unspecified atom stereocenters. The van der Waals surface area contributed by atoms with Gasteiger partial charge < -0.3 is 9.47 Å². The number of hydrogen-bond acceptors (Lipinski definition) is 3. The van der Waals surface area contributed by atoms with Crippen molar-refractivity contribution >= 4 is 23.4 Å². The third-order valence-electron chi connectivity index (χ3n) is 3.53. The minimum absolute atomic E-state index is 0.204. The summed E-state index contributed by atoms with van der Waals surface area (Å²) in [6, 6.07) is 10.5. The van der Waals surface area contributed by atoms with Gasteiger partial charge in [-0.05, 0) is 55.8 Å². The molecule has 0 bridgehead atoms. The topological polar surface area (TPSA) is 18.5 Å². The Balaban J connectivity index is 1.91. The van der Waals surface area contributed by atoms with Crippen molar-refractivity contribution in [1.82, 2.24) is 0 Å². The van der Waals surface area contributed by atoms with Crippen molar-refractivity contribution in [3.63, 3.8) is 0 Å². The summed E-state index contributed by atoms with van der Waals surface area (Å²) in [5.74, 6) is 0.998. The Kier molecular flexibility index (Phi) is 7.68. The lowest BCUT2D eigenvalue weighted by molar-refractivity contribution is -0.137. The van der Waals surface area contributed by atoms with Gasteiger partial charge in [0.15, 0.2) is 0 Å². The first-order valence-corrected chi connectivity index (χ1v) is 9.46. The Morgan fingerprint density at radius 3 is 2.38 bits per heavy atom. The van der Waals surface area contributed by atoms with Crippen LogP contribution in [0.15, 0.2) is 47.4 Å². The van der Waals surface area contributed by atoms with Crippen LogP contribution >= 0.6 is 23.4 Å². The van der Waals surface area contributed by atoms with Gasteiger partial charge in [-0.25, -0.2) is 0 Å². The molecule has 0 radical (unpaired) electrons. The molecule has 0 heterocycles. The molecule has 0 saturated carbocycles. The molecule has 0 amide bonds. The maximum absolute atomic E-state index is 12.6. The van der Waals surface area contributed by atoms with Gasteiger partial charge in [0.1, 0.15) is 18.5 Å². The highest BCUT2D eigenvalue weighted by molar-refractivity contribution is 7.99. The predicted molar refractivity (Wildman–Crippen MR) is 99.3 cm³/mol. The first-order chi connectivity index (χ1) is 12.3. The zero-order chi connectivity index (χ0) is 19.2. The molecule has 26 heavy (non-hydrogen) atoms. The molecule has 0 aliphatic carbocycles. The predicted octanol–water partition coefficient (Wildman–Crippen LogP) is 6.24. The fourth-order valence-electron chi connectivity index (χ4n) is 2.22. The molecule has 2 nitrogen and oxygen atoms in total. The molecule has 0 aliphatic rings. The lowest BCUT2D eigenvalue weighted by Gasteiger charge is -2.18. The fraction of sp³-hybridized carbons (Fsp3) is 0.368. The number of rotatable bonds is 8. The van der Waals surface area contributed by atoms with Crippen LogP contribution in [0.5, 0.6) is 5.75 Å². The SMILES string of the molecule is CCOC(COc1ccc(C(F)(F)F)cc1)CSc1ccc(C)cc1Cl. The van der Waals surface area contributed by atoms with Crippen LogP contribution in [0.3, 0.4) is 0 Å². The van der Waals surface area contributed by atoms with Crippen molar-refractivity contribution < 1.29 is 22.6 Å². The summed E-state index contributed by atoms with van der Waals surface area (Å²) in [6.45, 7) is 4.62. The van der Waals surface area contributed by atoms with Gasteiger partial charge in [0.05, 0.1) is 10.6 Å². The lowest BCUT2D eigenvalue weighted by atomic mass is 10.2. The van der Waals surface area contributed by atoms with Crippen LogP contribution in [0.25, 0.3) is 0 Å². The highest BCUT2D eigenvalue weighted by Crippen LogP contribution is 2.31. The van der Waals surface area contributed by atoms with Crippen LogP contribution in [-0.2, 0) is 10.9 Å². The Bertz CT molecular complexity index is 705. The maximum atomic E-state index is 12.6. The van der Waals surface area contributed by atoms with Crippen LogP contribution < -0.4 is 4.74 Å². The number of aryl methyl sites for hydroxylation is 1. The number of benzene rings is 2. The van der Waals surface area contributed by atoms with Crippen LogP contribution in [0.4, 0.5) is 13.2 Å². The van der Waals surface area contributed by atoms with E-state index in [2.05, 4.69) is 0 Å². The minimum atomic E-state index is -4.35. The summed E-state index contributed by atoms with van der Waals surface area (Å²) < 4.78 is 49.0. The lowest BCUT2D eigenvalue weighted by Crippen LogP contribution is -2.24. The van der Waals surface area contributed by atoms with Gasteiger partial charge >= 0.3 is 6.18 Å². The van der Waals surface area contributed by atoms with E-state index in [0.717, 1.165) is 22.6 Å². The number of thioether (sulfide) groups is 1. The second kappa shape index (κ2) is 9.53. The second-order valence-corrected chi connectivity index (χ2v) is 7.12. The van der Waals surface area contributed by atoms with E-state index in [1.807, 2.05) is 32.0 Å². The standard InChI is InChI=1S/C19H20ClF3O2S/c1-3-24-16(12-26-18-9-4-13(2)10-17(18)20)11-25-15-7-5-14(6-8-15)19(21,22)23/h4-10,16H,3,11-12H2,1-2H3. The van der Waals surface area contributed by atoms with E-state index in [1.165, 1.54) is 12.1 Å². The van der Waals surface area contributed by atoms with Gasteiger partial charge in [0.25, 0.3) is 0 Å². The van der Waals surface area contributed by atoms with Gasteiger partial charge in [0, 0.05) is 17.3 Å². The van der Waals surface area contributed by atoms with Gasteiger partial charge in [-0.2, -0.15) is 13.2 Å². The maximum Gasteiger partial charge on any atom is 0.416 e. The van der Waals surface area contributed by atoms with Gasteiger partial charge in [0.2, 0.25) is 0 Å². The third kappa shape index (κ3) is 6.41. The summed E-state index contributed by atoms with van der Waals surface area (Å²) in [5, 5.41) is 0.689. The Morgan fingerprint density at radius 2 is 1.81 bits per heavy atom. The summed E-state index contributed by atoms with van der Waals surface area (Å²) >= 11 is 7.79. The Morgan fingerprint density at radius 1 is 1.12 bits per heavy atom. The quantitative estimate of drug-likeness (QED) is 0.485. The molecule has 2 rings (SSSR count). The zero-order valence-electron chi connectivity index (χ0n) is 14.5. The van der Waals surface area contributed by atoms with Gasteiger partial charge in [-0.15, -0.1) is 11.8 Å². The molecular weight excluding hydrogens is 385 g/mol. The monoisotopic (exact) mass is 404 g/mol. The number of alkyl halides is 3. The normalized spacial score (nSPS) is 12.8. The van der Waals surface area contributed by atoms with E-state index in [0.29, 0.717) is 23.1 Å². The van der Waals surface area contributed by atoms with Crippen molar-refractivity contribution in [2.75, 3.05) is 19.0 Å². The van der Waals surface area contributed by atoms with Crippen molar-refractivity contribution in [3.05, 3.63) is 58.6 Å². The van der Waals surface area contributed by atoms with E-state index in [-0.39, 0.29) is 12.7 Å². The Hall–Kier alpha value is -1.37. The van der Waals surface area contributed by atoms with Crippen molar-refractivity contribution in [2.45, 2.75) is 31.0 Å². The third-order valence-corrected chi connectivity index (χ3v) is 5.16. The number of halogens is 4. The molecule has 142 valence electrons. The molecule has 0 N–H and O–H groups in total. The van der Waals surface area contributed by atoms with Crippen LogP contribution in [0.1, 0.15) is 18.1 Å². The summed E-state index contributed by atoms with van der Waals surface area (Å²) in [6.07, 6.45) is -4.55. The van der Waals surface area contributed by atoms with Gasteiger partial charge in [-0.1, -0.05) is 17.7 Å². The molecule has 0 saturated heterocycles. The first-order valence-electron chi connectivity index (χ1n) is 8.10. The van der Waals surface area contributed by atoms with Gasteiger partial charge in [-0.3, -0.25) is 0 Å². The van der Waals surface area contributed by atoms with E-state index in [9.17, 15) is 13.2 Å². The molecule has 2 aromatic rings. The van der Waals surface area contributed by atoms with Crippen molar-refractivity contribution in [3.8, 4) is 5.75 Å². The summed E-state index contributed by atoms with van der Waals surface area (Å²) in [7, 11) is 0. The van der Waals surface area contributed by atoms with Crippen molar-refractivity contribution in [1.29, 1.82) is 0 Å². The Labute approximate surface area is 160 Å². The van der Waals surface area contributed by atoms with Crippen LogP contribution in [0, 0.1) is 6.92 Å². The molecule has 1 atom stereocenters. The van der Waals surface area contributed by atoms with E-state index < -0.39 is 11.7 Å². The molecule has 0 spiro atoms. The van der Waals surface area contributed by atoms with E-state index >= 15 is 0 Å². The first kappa shape index (κ1) is 20.9. The van der Waals surface area contributed by atoms with E-state index in [1.54, 1.807) is 11.8 Å². The zero-order valence-corrected chi connectivity index (χ0v) is 16.0. The smallest absolute Gasteiger partial charge is 0.416 e. The molecule has 0 aliphatic heterocycles. The summed E-state index contributed by atoms with van der Waals surface area (Å²) in [5.41, 5.74) is 0.391. The molecule has 2 aromatic carbocycles. The average molecular weight is 405 g/mol. The molecular formula is C19H20ClF3O2S. The van der Waals surface area contributed by atoms with Crippen LogP contribution in [0.2, 0.25) is 5.02 Å². The largest absolute Gasteiger partial charge is 0.491 e. The van der Waals surface area contributed by atoms with Crippen LogP contribution in [-0.4, -0.2) is 25.1 Å². The average Bonchev–Trinajstić information content (AvgIpc) is 2.58. The highest BCUT2D eigenvalue weighted by atomic mass is 35.5. The molecule has 0 fully saturated rings.